The molecule has 0 aliphatic heterocycles. The predicted molar refractivity (Wildman–Crippen MR) is 70.2 cm³/mol. The summed E-state index contributed by atoms with van der Waals surface area (Å²) in [4.78, 5) is 3.22. The molecule has 1 aromatic carbocycles. The topological polar surface area (TPSA) is 15.8 Å². The van der Waals surface area contributed by atoms with Gasteiger partial charge in [-0.25, -0.2) is 0 Å². The van der Waals surface area contributed by atoms with Crippen LogP contribution >= 0.6 is 23.6 Å². The van der Waals surface area contributed by atoms with Crippen LogP contribution in [0.2, 0.25) is 0 Å². The zero-order valence-electron chi connectivity index (χ0n) is 8.88. The Hall–Kier alpha value is -0.670. The summed E-state index contributed by atoms with van der Waals surface area (Å²) in [6, 6.07) is 6.43. The highest BCUT2D eigenvalue weighted by Gasteiger charge is 2.02. The van der Waals surface area contributed by atoms with E-state index in [2.05, 4.69) is 30.1 Å². The fourth-order valence-electron chi connectivity index (χ4n) is 1.79. The fourth-order valence-corrected chi connectivity index (χ4v) is 3.03. The quantitative estimate of drug-likeness (QED) is 0.602. The van der Waals surface area contributed by atoms with Crippen molar-refractivity contribution in [3.05, 3.63) is 27.7 Å². The molecule has 1 aromatic heterocycles. The number of benzene rings is 1. The van der Waals surface area contributed by atoms with E-state index in [1.165, 1.54) is 41.5 Å². The predicted octanol–water partition coefficient (Wildman–Crippen LogP) is 4.69. The molecule has 1 heterocycles. The summed E-state index contributed by atoms with van der Waals surface area (Å²) in [6.07, 6.45) is 5.04. The number of rotatable bonds is 4. The number of nitrogens with one attached hydrogen (secondary N) is 1. The summed E-state index contributed by atoms with van der Waals surface area (Å²) in [5, 5.41) is 0. The van der Waals surface area contributed by atoms with Gasteiger partial charge in [0, 0.05) is 0 Å². The maximum absolute atomic E-state index is 5.17. The average Bonchev–Trinajstić information content (AvgIpc) is 2.59. The normalized spacial score (nSPS) is 11.0. The van der Waals surface area contributed by atoms with E-state index in [4.69, 9.17) is 12.2 Å². The molecule has 0 saturated carbocycles. The molecular formula is C12H15NS2. The highest BCUT2D eigenvalue weighted by Crippen LogP contribution is 2.24. The van der Waals surface area contributed by atoms with E-state index in [1.54, 1.807) is 11.3 Å². The lowest BCUT2D eigenvalue weighted by atomic mass is 10.1. The van der Waals surface area contributed by atoms with Crippen LogP contribution in [-0.4, -0.2) is 4.98 Å². The SMILES string of the molecule is CCCCCc1cccc2[nH]c(=S)sc12. The average molecular weight is 237 g/mol. The molecule has 0 fully saturated rings. The molecule has 2 rings (SSSR count). The third-order valence-electron chi connectivity index (χ3n) is 2.58. The van der Waals surface area contributed by atoms with Crippen molar-refractivity contribution in [2.75, 3.05) is 0 Å². The number of aromatic amines is 1. The van der Waals surface area contributed by atoms with Crippen LogP contribution < -0.4 is 0 Å². The maximum atomic E-state index is 5.17. The van der Waals surface area contributed by atoms with E-state index in [1.807, 2.05) is 0 Å². The first-order chi connectivity index (χ1) is 7.31. The molecule has 0 radical (unpaired) electrons. The molecule has 2 aromatic rings. The van der Waals surface area contributed by atoms with Gasteiger partial charge >= 0.3 is 0 Å². The number of unbranched alkanes of at least 4 members (excludes halogenated alkanes) is 2. The van der Waals surface area contributed by atoms with Gasteiger partial charge in [0.2, 0.25) is 0 Å². The molecule has 0 bridgehead atoms. The number of thiazole rings is 1. The summed E-state index contributed by atoms with van der Waals surface area (Å²) in [5.41, 5.74) is 2.64. The van der Waals surface area contributed by atoms with Gasteiger partial charge in [-0.3, -0.25) is 0 Å². The van der Waals surface area contributed by atoms with Crippen LogP contribution in [0.3, 0.4) is 0 Å². The Kier molecular flexibility index (Phi) is 3.54. The third kappa shape index (κ3) is 2.47. The lowest BCUT2D eigenvalue weighted by molar-refractivity contribution is 0.720. The maximum Gasteiger partial charge on any atom is 0.159 e. The lowest BCUT2D eigenvalue weighted by Crippen LogP contribution is -1.85. The van der Waals surface area contributed by atoms with Crippen molar-refractivity contribution >= 4 is 33.8 Å². The van der Waals surface area contributed by atoms with Crippen molar-refractivity contribution in [3.63, 3.8) is 0 Å². The first-order valence-electron chi connectivity index (χ1n) is 5.42. The number of fused-ring (bicyclic) bond motifs is 1. The summed E-state index contributed by atoms with van der Waals surface area (Å²) in [5.74, 6) is 0. The van der Waals surface area contributed by atoms with E-state index >= 15 is 0 Å². The van der Waals surface area contributed by atoms with Crippen molar-refractivity contribution in [1.29, 1.82) is 0 Å². The van der Waals surface area contributed by atoms with Crippen LogP contribution in [0.4, 0.5) is 0 Å². The molecule has 1 nitrogen and oxygen atoms in total. The number of aromatic nitrogens is 1. The summed E-state index contributed by atoms with van der Waals surface area (Å²) >= 11 is 6.87. The number of hydrogen-bond donors (Lipinski definition) is 1. The Balaban J connectivity index is 2.29. The van der Waals surface area contributed by atoms with Gasteiger partial charge in [0.15, 0.2) is 3.95 Å². The lowest BCUT2D eigenvalue weighted by Gasteiger charge is -2.01. The molecule has 0 aliphatic rings. The van der Waals surface area contributed by atoms with Crippen molar-refractivity contribution in [2.45, 2.75) is 32.6 Å². The summed E-state index contributed by atoms with van der Waals surface area (Å²) < 4.78 is 2.23. The number of H-pyrrole nitrogens is 1. The molecule has 0 amide bonds. The molecule has 0 spiro atoms. The largest absolute Gasteiger partial charge is 0.337 e. The van der Waals surface area contributed by atoms with E-state index in [0.717, 1.165) is 3.95 Å². The summed E-state index contributed by atoms with van der Waals surface area (Å²) in [6.45, 7) is 2.24. The summed E-state index contributed by atoms with van der Waals surface area (Å²) in [7, 11) is 0. The zero-order valence-corrected chi connectivity index (χ0v) is 10.5. The van der Waals surface area contributed by atoms with Gasteiger partial charge in [0.1, 0.15) is 0 Å². The minimum absolute atomic E-state index is 0.882. The van der Waals surface area contributed by atoms with Gasteiger partial charge in [-0.2, -0.15) is 0 Å². The second-order valence-electron chi connectivity index (χ2n) is 3.77. The number of aryl methyl sites for hydroxylation is 1. The van der Waals surface area contributed by atoms with Crippen LogP contribution in [0.15, 0.2) is 18.2 Å². The molecular weight excluding hydrogens is 222 g/mol. The molecule has 0 aliphatic carbocycles. The Morgan fingerprint density at radius 2 is 2.20 bits per heavy atom. The van der Waals surface area contributed by atoms with Gasteiger partial charge in [0.05, 0.1) is 10.2 Å². The van der Waals surface area contributed by atoms with Crippen LogP contribution in [0.25, 0.3) is 10.2 Å². The Labute approximate surface area is 99.2 Å². The van der Waals surface area contributed by atoms with Gasteiger partial charge in [-0.15, -0.1) is 11.3 Å². The van der Waals surface area contributed by atoms with Crippen molar-refractivity contribution in [3.8, 4) is 0 Å². The van der Waals surface area contributed by atoms with Crippen molar-refractivity contribution in [2.24, 2.45) is 0 Å². The second kappa shape index (κ2) is 4.90. The van der Waals surface area contributed by atoms with Crippen LogP contribution in [0, 0.1) is 3.95 Å². The monoisotopic (exact) mass is 237 g/mol. The molecule has 3 heteroatoms. The molecule has 1 N–H and O–H groups in total. The molecule has 15 heavy (non-hydrogen) atoms. The second-order valence-corrected chi connectivity index (χ2v) is 5.45. The Morgan fingerprint density at radius 3 is 3.00 bits per heavy atom. The first kappa shape index (κ1) is 10.8. The molecule has 0 saturated heterocycles. The minimum Gasteiger partial charge on any atom is -0.337 e. The molecule has 0 unspecified atom stereocenters. The van der Waals surface area contributed by atoms with E-state index < -0.39 is 0 Å². The molecule has 80 valence electrons. The van der Waals surface area contributed by atoms with Gasteiger partial charge < -0.3 is 4.98 Å². The van der Waals surface area contributed by atoms with Crippen molar-refractivity contribution < 1.29 is 0 Å². The van der Waals surface area contributed by atoms with Crippen LogP contribution in [0.5, 0.6) is 0 Å². The van der Waals surface area contributed by atoms with Gasteiger partial charge in [-0.05, 0) is 36.7 Å². The van der Waals surface area contributed by atoms with E-state index in [-0.39, 0.29) is 0 Å². The van der Waals surface area contributed by atoms with Gasteiger partial charge in [0.25, 0.3) is 0 Å². The molecule has 0 atom stereocenters. The highest BCUT2D eigenvalue weighted by atomic mass is 32.1. The standard InChI is InChI=1S/C12H15NS2/c1-2-3-4-6-9-7-5-8-10-11(9)15-12(14)13-10/h5,7-8H,2-4,6H2,1H3,(H,13,14). The number of hydrogen-bond acceptors (Lipinski definition) is 2. The Bertz CT molecular complexity index is 496. The van der Waals surface area contributed by atoms with Crippen LogP contribution in [0.1, 0.15) is 31.7 Å². The minimum atomic E-state index is 0.882. The van der Waals surface area contributed by atoms with Gasteiger partial charge in [-0.1, -0.05) is 31.9 Å². The third-order valence-corrected chi connectivity index (χ3v) is 3.90. The van der Waals surface area contributed by atoms with Crippen LogP contribution in [-0.2, 0) is 6.42 Å². The zero-order chi connectivity index (χ0) is 10.7. The van der Waals surface area contributed by atoms with E-state index in [9.17, 15) is 0 Å². The smallest absolute Gasteiger partial charge is 0.159 e. The van der Waals surface area contributed by atoms with E-state index in [0.29, 0.717) is 0 Å². The fraction of sp³-hybridized carbons (Fsp3) is 0.417. The highest BCUT2D eigenvalue weighted by molar-refractivity contribution is 7.73. The first-order valence-corrected chi connectivity index (χ1v) is 6.64. The Morgan fingerprint density at radius 1 is 1.33 bits per heavy atom. The van der Waals surface area contributed by atoms with Crippen molar-refractivity contribution in [1.82, 2.24) is 4.98 Å².